The maximum Gasteiger partial charge on any atom is 0.0512 e. The Labute approximate surface area is 88.5 Å². The molecule has 0 saturated heterocycles. The van der Waals surface area contributed by atoms with E-state index >= 15 is 0 Å². The van der Waals surface area contributed by atoms with Crippen LogP contribution in [0.15, 0.2) is 0 Å². The molecule has 1 atom stereocenters. The molecule has 0 aromatic rings. The number of likely N-dealkylation sites (N-methyl/N-ethyl adjacent to an activating group) is 1. The number of aliphatic hydroxyl groups is 1. The van der Waals surface area contributed by atoms with E-state index in [2.05, 4.69) is 31.1 Å². The van der Waals surface area contributed by atoms with Crippen LogP contribution in [-0.2, 0) is 0 Å². The van der Waals surface area contributed by atoms with Gasteiger partial charge in [-0.15, -0.1) is 0 Å². The van der Waals surface area contributed by atoms with E-state index in [-0.39, 0.29) is 6.10 Å². The molecule has 0 aliphatic heterocycles. The molecule has 0 aromatic heterocycles. The van der Waals surface area contributed by atoms with Gasteiger partial charge < -0.3 is 15.3 Å². The van der Waals surface area contributed by atoms with Crippen molar-refractivity contribution in [3.63, 3.8) is 0 Å². The molecule has 0 bridgehead atoms. The van der Waals surface area contributed by atoms with Crippen molar-refractivity contribution in [1.29, 1.82) is 0 Å². The summed E-state index contributed by atoms with van der Waals surface area (Å²) in [5.74, 6) is 0. The Kier molecular flexibility index (Phi) is 8.14. The topological polar surface area (TPSA) is 35.5 Å². The Morgan fingerprint density at radius 2 is 1.86 bits per heavy atom. The average molecular weight is 202 g/mol. The summed E-state index contributed by atoms with van der Waals surface area (Å²) in [5.41, 5.74) is 0. The third kappa shape index (κ3) is 9.96. The van der Waals surface area contributed by atoms with Gasteiger partial charge in [0, 0.05) is 19.1 Å². The van der Waals surface area contributed by atoms with Crippen LogP contribution >= 0.6 is 0 Å². The number of aliphatic hydroxyl groups excluding tert-OH is 1. The lowest BCUT2D eigenvalue weighted by atomic mass is 10.2. The standard InChI is InChI=1S/C11H26N2O/c1-10(2)12-7-9-13(4)8-5-6-11(3)14/h10-12,14H,5-9H2,1-4H3. The fourth-order valence-electron chi connectivity index (χ4n) is 1.31. The Balaban J connectivity index is 3.23. The number of nitrogens with zero attached hydrogens (tertiary/aromatic N) is 1. The average Bonchev–Trinajstić information content (AvgIpc) is 2.02. The van der Waals surface area contributed by atoms with Gasteiger partial charge in [-0.05, 0) is 33.4 Å². The van der Waals surface area contributed by atoms with Gasteiger partial charge >= 0.3 is 0 Å². The highest BCUT2D eigenvalue weighted by molar-refractivity contribution is 4.58. The molecule has 14 heavy (non-hydrogen) atoms. The second-order valence-corrected chi connectivity index (χ2v) is 4.40. The Hall–Kier alpha value is -0.120. The van der Waals surface area contributed by atoms with Crippen LogP contribution in [0.4, 0.5) is 0 Å². The second-order valence-electron chi connectivity index (χ2n) is 4.40. The van der Waals surface area contributed by atoms with Crippen LogP contribution in [0.2, 0.25) is 0 Å². The summed E-state index contributed by atoms with van der Waals surface area (Å²) in [6.07, 6.45) is 1.83. The third-order valence-electron chi connectivity index (χ3n) is 2.21. The molecule has 0 spiro atoms. The van der Waals surface area contributed by atoms with Crippen molar-refractivity contribution < 1.29 is 5.11 Å². The van der Waals surface area contributed by atoms with Gasteiger partial charge in [0.2, 0.25) is 0 Å². The maximum atomic E-state index is 9.08. The Bertz CT molecular complexity index is 112. The summed E-state index contributed by atoms with van der Waals surface area (Å²) in [6, 6.07) is 0.570. The molecule has 3 heteroatoms. The highest BCUT2D eigenvalue weighted by atomic mass is 16.3. The van der Waals surface area contributed by atoms with Gasteiger partial charge in [0.1, 0.15) is 0 Å². The van der Waals surface area contributed by atoms with Gasteiger partial charge in [0.15, 0.2) is 0 Å². The molecule has 0 radical (unpaired) electrons. The number of hydrogen-bond acceptors (Lipinski definition) is 3. The molecule has 2 N–H and O–H groups in total. The SMILES string of the molecule is CC(O)CCCN(C)CCNC(C)C. The molecule has 0 aliphatic rings. The monoisotopic (exact) mass is 202 g/mol. The maximum absolute atomic E-state index is 9.08. The van der Waals surface area contributed by atoms with Crippen LogP contribution in [-0.4, -0.2) is 48.8 Å². The first-order valence-corrected chi connectivity index (χ1v) is 5.62. The van der Waals surface area contributed by atoms with Crippen LogP contribution < -0.4 is 5.32 Å². The van der Waals surface area contributed by atoms with Gasteiger partial charge in [-0.25, -0.2) is 0 Å². The van der Waals surface area contributed by atoms with E-state index in [1.54, 1.807) is 0 Å². The van der Waals surface area contributed by atoms with Crippen molar-refractivity contribution in [2.75, 3.05) is 26.7 Å². The van der Waals surface area contributed by atoms with Crippen molar-refractivity contribution in [2.24, 2.45) is 0 Å². The van der Waals surface area contributed by atoms with E-state index in [9.17, 15) is 0 Å². The lowest BCUT2D eigenvalue weighted by Gasteiger charge is -2.18. The van der Waals surface area contributed by atoms with Gasteiger partial charge in [-0.3, -0.25) is 0 Å². The predicted octanol–water partition coefficient (Wildman–Crippen LogP) is 1.08. The quantitative estimate of drug-likeness (QED) is 0.618. The van der Waals surface area contributed by atoms with Crippen LogP contribution in [0.25, 0.3) is 0 Å². The van der Waals surface area contributed by atoms with Gasteiger partial charge in [0.25, 0.3) is 0 Å². The molecule has 0 aromatic carbocycles. The molecule has 0 aliphatic carbocycles. The lowest BCUT2D eigenvalue weighted by molar-refractivity contribution is 0.174. The lowest BCUT2D eigenvalue weighted by Crippen LogP contribution is -2.33. The molecule has 3 nitrogen and oxygen atoms in total. The number of nitrogens with one attached hydrogen (secondary N) is 1. The third-order valence-corrected chi connectivity index (χ3v) is 2.21. The molecule has 0 heterocycles. The predicted molar refractivity (Wildman–Crippen MR) is 61.6 cm³/mol. The Morgan fingerprint density at radius 1 is 1.21 bits per heavy atom. The Morgan fingerprint density at radius 3 is 2.36 bits per heavy atom. The normalized spacial score (nSPS) is 13.9. The summed E-state index contributed by atoms with van der Waals surface area (Å²) in [4.78, 5) is 2.30. The fraction of sp³-hybridized carbons (Fsp3) is 1.00. The highest BCUT2D eigenvalue weighted by Crippen LogP contribution is 1.96. The number of hydrogen-bond donors (Lipinski definition) is 2. The second kappa shape index (κ2) is 8.21. The largest absolute Gasteiger partial charge is 0.393 e. The minimum absolute atomic E-state index is 0.155. The van der Waals surface area contributed by atoms with Crippen LogP contribution in [0.5, 0.6) is 0 Å². The molecular weight excluding hydrogens is 176 g/mol. The summed E-state index contributed by atoms with van der Waals surface area (Å²) >= 11 is 0. The van der Waals surface area contributed by atoms with E-state index in [1.807, 2.05) is 6.92 Å². The van der Waals surface area contributed by atoms with Crippen molar-refractivity contribution in [1.82, 2.24) is 10.2 Å². The first-order valence-electron chi connectivity index (χ1n) is 5.62. The van der Waals surface area contributed by atoms with Gasteiger partial charge in [0.05, 0.1) is 6.10 Å². The van der Waals surface area contributed by atoms with E-state index in [4.69, 9.17) is 5.11 Å². The summed E-state index contributed by atoms with van der Waals surface area (Å²) < 4.78 is 0. The fourth-order valence-corrected chi connectivity index (χ4v) is 1.31. The van der Waals surface area contributed by atoms with Crippen LogP contribution in [0.3, 0.4) is 0 Å². The molecule has 1 unspecified atom stereocenters. The van der Waals surface area contributed by atoms with Crippen molar-refractivity contribution in [3.05, 3.63) is 0 Å². The number of rotatable bonds is 8. The zero-order valence-electron chi connectivity index (χ0n) is 10.1. The van der Waals surface area contributed by atoms with Crippen molar-refractivity contribution in [2.45, 2.75) is 45.8 Å². The molecule has 0 saturated carbocycles. The summed E-state index contributed by atoms with van der Waals surface area (Å²) in [5, 5.41) is 12.5. The molecule has 86 valence electrons. The first kappa shape index (κ1) is 13.9. The molecule has 0 amide bonds. The van der Waals surface area contributed by atoms with E-state index < -0.39 is 0 Å². The minimum atomic E-state index is -0.155. The van der Waals surface area contributed by atoms with Crippen molar-refractivity contribution in [3.8, 4) is 0 Å². The summed E-state index contributed by atoms with van der Waals surface area (Å²) in [7, 11) is 2.13. The first-order chi connectivity index (χ1) is 6.52. The smallest absolute Gasteiger partial charge is 0.0512 e. The van der Waals surface area contributed by atoms with Gasteiger partial charge in [-0.2, -0.15) is 0 Å². The zero-order chi connectivity index (χ0) is 11.0. The van der Waals surface area contributed by atoms with E-state index in [0.29, 0.717) is 6.04 Å². The highest BCUT2D eigenvalue weighted by Gasteiger charge is 2.00. The molecule has 0 fully saturated rings. The van der Waals surface area contributed by atoms with Gasteiger partial charge in [-0.1, -0.05) is 13.8 Å². The van der Waals surface area contributed by atoms with Crippen molar-refractivity contribution >= 4 is 0 Å². The van der Waals surface area contributed by atoms with Crippen LogP contribution in [0, 0.1) is 0 Å². The minimum Gasteiger partial charge on any atom is -0.393 e. The molecular formula is C11H26N2O. The molecule has 0 rings (SSSR count). The zero-order valence-corrected chi connectivity index (χ0v) is 10.1. The van der Waals surface area contributed by atoms with Crippen LogP contribution in [0.1, 0.15) is 33.6 Å². The summed E-state index contributed by atoms with van der Waals surface area (Å²) in [6.45, 7) is 9.37. The van der Waals surface area contributed by atoms with E-state index in [1.165, 1.54) is 0 Å². The van der Waals surface area contributed by atoms with E-state index in [0.717, 1.165) is 32.5 Å².